The Morgan fingerprint density at radius 1 is 1.29 bits per heavy atom. The van der Waals surface area contributed by atoms with E-state index < -0.39 is 7.59 Å². The van der Waals surface area contributed by atoms with Crippen molar-refractivity contribution in [2.45, 2.75) is 6.92 Å². The van der Waals surface area contributed by atoms with E-state index in [4.69, 9.17) is 0 Å². The molecule has 0 atom stereocenters. The van der Waals surface area contributed by atoms with Crippen LogP contribution in [0.25, 0.3) is 0 Å². The van der Waals surface area contributed by atoms with Crippen molar-refractivity contribution in [3.63, 3.8) is 0 Å². The zero-order valence-corrected chi connectivity index (χ0v) is 11.9. The van der Waals surface area contributed by atoms with Crippen LogP contribution in [-0.4, -0.2) is 45.5 Å². The molecular formula is C9H13BrN5OP. The first kappa shape index (κ1) is 11.6. The number of rotatable bonds is 4. The lowest BCUT2D eigenvalue weighted by Gasteiger charge is -2.22. The molecule has 0 radical (unpaired) electrons. The number of nitrogens with zero attached hydrogens (tertiary/aromatic N) is 4. The second-order valence-electron chi connectivity index (χ2n) is 4.18. The Morgan fingerprint density at radius 2 is 1.88 bits per heavy atom. The summed E-state index contributed by atoms with van der Waals surface area (Å²) in [5, 5.41) is 3.10. The van der Waals surface area contributed by atoms with Crippen molar-refractivity contribution in [1.29, 1.82) is 0 Å². The van der Waals surface area contributed by atoms with Crippen molar-refractivity contribution >= 4 is 29.3 Å². The number of anilines is 1. The van der Waals surface area contributed by atoms with Crippen molar-refractivity contribution in [3.8, 4) is 0 Å². The predicted molar refractivity (Wildman–Crippen MR) is 68.8 cm³/mol. The van der Waals surface area contributed by atoms with Gasteiger partial charge < -0.3 is 0 Å². The van der Waals surface area contributed by atoms with Crippen LogP contribution >= 0.6 is 23.5 Å². The number of aryl methyl sites for hydroxylation is 1. The van der Waals surface area contributed by atoms with Gasteiger partial charge in [0.15, 0.2) is 5.82 Å². The molecule has 17 heavy (non-hydrogen) atoms. The van der Waals surface area contributed by atoms with E-state index >= 15 is 0 Å². The Balaban J connectivity index is 1.90. The van der Waals surface area contributed by atoms with Crippen molar-refractivity contribution in [1.82, 2.24) is 19.3 Å². The smallest absolute Gasteiger partial charge is 0.296 e. The molecule has 3 rings (SSSR count). The van der Waals surface area contributed by atoms with Crippen LogP contribution in [-0.2, 0) is 4.57 Å². The summed E-state index contributed by atoms with van der Waals surface area (Å²) in [4.78, 5) is 8.23. The Kier molecular flexibility index (Phi) is 2.74. The quantitative estimate of drug-likeness (QED) is 0.673. The largest absolute Gasteiger partial charge is 0.309 e. The van der Waals surface area contributed by atoms with Crippen LogP contribution in [0, 0.1) is 6.92 Å². The van der Waals surface area contributed by atoms with E-state index in [-0.39, 0.29) is 0 Å². The number of nitrogens with one attached hydrogen (secondary N) is 1. The molecule has 0 spiro atoms. The van der Waals surface area contributed by atoms with Gasteiger partial charge in [-0.1, -0.05) is 0 Å². The number of aromatic nitrogens is 2. The van der Waals surface area contributed by atoms with Crippen LogP contribution in [0.5, 0.6) is 0 Å². The third-order valence-corrected chi connectivity index (χ3v) is 6.62. The maximum atomic E-state index is 12.8. The molecule has 2 aliphatic heterocycles. The zero-order valence-electron chi connectivity index (χ0n) is 9.43. The van der Waals surface area contributed by atoms with Crippen molar-refractivity contribution < 1.29 is 4.57 Å². The van der Waals surface area contributed by atoms with E-state index in [1.807, 2.05) is 16.3 Å². The van der Waals surface area contributed by atoms with Gasteiger partial charge in [0, 0.05) is 26.2 Å². The standard InChI is InChI=1S/C9H13BrN5OP/c1-7-8(10)9(12-6-11-7)13-17(16,14-2-3-14)15-4-5-15/h6H,2-5H2,1H3,(H,11,12,13,16). The van der Waals surface area contributed by atoms with Gasteiger partial charge in [-0.05, 0) is 22.9 Å². The second-order valence-corrected chi connectivity index (χ2v) is 7.42. The molecule has 3 heterocycles. The molecular weight excluding hydrogens is 305 g/mol. The van der Waals surface area contributed by atoms with Gasteiger partial charge in [0.2, 0.25) is 0 Å². The summed E-state index contributed by atoms with van der Waals surface area (Å²) in [6.07, 6.45) is 1.48. The van der Waals surface area contributed by atoms with Gasteiger partial charge in [0.05, 0.1) is 10.2 Å². The van der Waals surface area contributed by atoms with Crippen molar-refractivity contribution in [2.24, 2.45) is 0 Å². The molecule has 0 bridgehead atoms. The van der Waals surface area contributed by atoms with E-state index in [0.29, 0.717) is 5.82 Å². The third kappa shape index (κ3) is 2.12. The summed E-state index contributed by atoms with van der Waals surface area (Å²) in [5.74, 6) is 0.611. The monoisotopic (exact) mass is 317 g/mol. The van der Waals surface area contributed by atoms with Gasteiger partial charge in [0.25, 0.3) is 0 Å². The summed E-state index contributed by atoms with van der Waals surface area (Å²) < 4.78 is 17.5. The van der Waals surface area contributed by atoms with Crippen LogP contribution in [0.2, 0.25) is 0 Å². The average Bonchev–Trinajstić information content (AvgIpc) is 3.18. The first-order chi connectivity index (χ1) is 8.11. The van der Waals surface area contributed by atoms with E-state index in [2.05, 4.69) is 31.0 Å². The molecule has 6 nitrogen and oxygen atoms in total. The van der Waals surface area contributed by atoms with Gasteiger partial charge in [-0.2, -0.15) is 0 Å². The minimum Gasteiger partial charge on any atom is -0.296 e. The van der Waals surface area contributed by atoms with Gasteiger partial charge in [0.1, 0.15) is 6.33 Å². The molecule has 1 aromatic heterocycles. The zero-order chi connectivity index (χ0) is 12.0. The van der Waals surface area contributed by atoms with Crippen LogP contribution in [0.4, 0.5) is 5.82 Å². The summed E-state index contributed by atoms with van der Waals surface area (Å²) >= 11 is 3.43. The fraction of sp³-hybridized carbons (Fsp3) is 0.556. The molecule has 2 saturated heterocycles. The highest BCUT2D eigenvalue weighted by molar-refractivity contribution is 9.10. The Hall–Kier alpha value is -0.490. The highest BCUT2D eigenvalue weighted by Gasteiger charge is 2.48. The van der Waals surface area contributed by atoms with E-state index in [0.717, 1.165) is 36.3 Å². The number of halogens is 1. The first-order valence-corrected chi connectivity index (χ1v) is 7.88. The summed E-state index contributed by atoms with van der Waals surface area (Å²) in [5.41, 5.74) is 0.839. The Morgan fingerprint density at radius 3 is 2.41 bits per heavy atom. The first-order valence-electron chi connectivity index (χ1n) is 5.47. The Bertz CT molecular complexity index is 486. The molecule has 0 unspecified atom stereocenters. The fourth-order valence-electron chi connectivity index (χ4n) is 1.63. The third-order valence-electron chi connectivity index (χ3n) is 2.83. The number of hydrogen-bond acceptors (Lipinski definition) is 3. The van der Waals surface area contributed by atoms with Gasteiger partial charge in [-0.15, -0.1) is 0 Å². The van der Waals surface area contributed by atoms with Crippen LogP contribution in [0.15, 0.2) is 10.8 Å². The molecule has 0 saturated carbocycles. The van der Waals surface area contributed by atoms with Gasteiger partial charge in [-0.25, -0.2) is 19.3 Å². The van der Waals surface area contributed by atoms with Crippen LogP contribution in [0.3, 0.4) is 0 Å². The average molecular weight is 318 g/mol. The van der Waals surface area contributed by atoms with Crippen LogP contribution in [0.1, 0.15) is 5.69 Å². The maximum Gasteiger partial charge on any atom is 0.309 e. The predicted octanol–water partition coefficient (Wildman–Crippen LogP) is 1.70. The minimum absolute atomic E-state index is 0.611. The number of hydrogen-bond donors (Lipinski definition) is 1. The van der Waals surface area contributed by atoms with Gasteiger partial charge >= 0.3 is 7.59 Å². The molecule has 92 valence electrons. The lowest BCUT2D eigenvalue weighted by atomic mass is 10.4. The lowest BCUT2D eigenvalue weighted by molar-refractivity contribution is 0.524. The molecule has 2 aliphatic rings. The summed E-state index contributed by atoms with van der Waals surface area (Å²) in [7, 11) is -2.61. The highest BCUT2D eigenvalue weighted by atomic mass is 79.9. The maximum absolute atomic E-state index is 12.8. The van der Waals surface area contributed by atoms with Crippen molar-refractivity contribution in [2.75, 3.05) is 31.3 Å². The highest BCUT2D eigenvalue weighted by Crippen LogP contribution is 2.59. The molecule has 1 N–H and O–H groups in total. The topological polar surface area (TPSA) is 60.9 Å². The minimum atomic E-state index is -2.61. The Labute approximate surface area is 108 Å². The van der Waals surface area contributed by atoms with E-state index in [9.17, 15) is 4.57 Å². The van der Waals surface area contributed by atoms with Crippen LogP contribution < -0.4 is 5.09 Å². The summed E-state index contributed by atoms with van der Waals surface area (Å²) in [6, 6.07) is 0. The van der Waals surface area contributed by atoms with E-state index in [1.54, 1.807) is 0 Å². The van der Waals surface area contributed by atoms with Gasteiger partial charge in [-0.3, -0.25) is 9.65 Å². The SMILES string of the molecule is Cc1ncnc(NP(=O)(N2CC2)N2CC2)c1Br. The van der Waals surface area contributed by atoms with Crippen molar-refractivity contribution in [3.05, 3.63) is 16.5 Å². The normalized spacial score (nSPS) is 20.4. The molecule has 2 fully saturated rings. The molecule has 0 aromatic carbocycles. The summed E-state index contributed by atoms with van der Waals surface area (Å²) in [6.45, 7) is 5.45. The molecule has 0 aliphatic carbocycles. The van der Waals surface area contributed by atoms with E-state index in [1.165, 1.54) is 6.33 Å². The molecule has 8 heteroatoms. The molecule has 1 aromatic rings. The fourth-order valence-corrected chi connectivity index (χ4v) is 4.43. The second kappa shape index (κ2) is 4.02. The molecule has 0 amide bonds. The lowest BCUT2D eigenvalue weighted by Crippen LogP contribution is -2.14.